The monoisotopic (exact) mass is 601 g/mol. The molecule has 4 amide bonds. The maximum absolute atomic E-state index is 13.2. The van der Waals surface area contributed by atoms with Crippen LogP contribution in [-0.4, -0.2) is 85.7 Å². The van der Waals surface area contributed by atoms with Crippen LogP contribution in [0.4, 0.5) is 0 Å². The van der Waals surface area contributed by atoms with Crippen LogP contribution in [0.25, 0.3) is 0 Å². The number of benzene rings is 2. The van der Waals surface area contributed by atoms with Crippen molar-refractivity contribution in [3.63, 3.8) is 0 Å². The van der Waals surface area contributed by atoms with Gasteiger partial charge in [-0.1, -0.05) is 59.9 Å². The van der Waals surface area contributed by atoms with Gasteiger partial charge in [-0.2, -0.15) is 0 Å². The van der Waals surface area contributed by atoms with Crippen LogP contribution >= 0.6 is 23.5 Å². The first-order chi connectivity index (χ1) is 19.8. The number of ether oxygens (including phenoxy) is 2. The highest BCUT2D eigenvalue weighted by Crippen LogP contribution is 2.42. The van der Waals surface area contributed by atoms with Crippen molar-refractivity contribution in [2.45, 2.75) is 22.6 Å². The molecule has 41 heavy (non-hydrogen) atoms. The van der Waals surface area contributed by atoms with E-state index in [1.54, 1.807) is 0 Å². The molecule has 2 aromatic carbocycles. The van der Waals surface area contributed by atoms with Gasteiger partial charge in [0.25, 0.3) is 11.8 Å². The molecule has 0 bridgehead atoms. The fourth-order valence-electron chi connectivity index (χ4n) is 3.41. The van der Waals surface area contributed by atoms with E-state index in [0.717, 1.165) is 9.79 Å². The molecule has 13 heteroatoms. The van der Waals surface area contributed by atoms with Gasteiger partial charge >= 0.3 is 5.97 Å². The summed E-state index contributed by atoms with van der Waals surface area (Å²) >= 11 is 2.54. The molecule has 11 nitrogen and oxygen atoms in total. The number of aliphatic carboxylic acids is 1. The van der Waals surface area contributed by atoms with Gasteiger partial charge < -0.3 is 25.2 Å². The number of thioether (sulfide) groups is 2. The minimum Gasteiger partial charge on any atom is -0.481 e. The quantitative estimate of drug-likeness (QED) is 0.171. The molecule has 0 saturated carbocycles. The summed E-state index contributed by atoms with van der Waals surface area (Å²) in [5.74, 6) is -2.60. The highest BCUT2D eigenvalue weighted by Gasteiger charge is 2.39. The molecule has 0 aliphatic carbocycles. The van der Waals surface area contributed by atoms with E-state index in [1.807, 2.05) is 60.7 Å². The van der Waals surface area contributed by atoms with Crippen molar-refractivity contribution >= 4 is 53.1 Å². The van der Waals surface area contributed by atoms with Gasteiger partial charge in [-0.25, -0.2) is 0 Å². The number of hydrogen-bond donors (Lipinski definition) is 3. The molecule has 3 N–H and O–H groups in total. The summed E-state index contributed by atoms with van der Waals surface area (Å²) in [6, 6.07) is 18.8. The highest BCUT2D eigenvalue weighted by molar-refractivity contribution is 8.08. The SMILES string of the molecule is O=C(O)CCNC(=O)CNC(=O)CCOCCOCCN1C(=O)C(Sc2ccccc2)=C(Sc2ccccc2)C1=O. The molecule has 0 radical (unpaired) electrons. The molecule has 1 aliphatic heterocycles. The summed E-state index contributed by atoms with van der Waals surface area (Å²) in [5, 5.41) is 13.3. The van der Waals surface area contributed by atoms with Gasteiger partial charge in [0.2, 0.25) is 11.8 Å². The summed E-state index contributed by atoms with van der Waals surface area (Å²) in [6.07, 6.45) is -0.158. The van der Waals surface area contributed by atoms with Crippen LogP contribution in [0.3, 0.4) is 0 Å². The van der Waals surface area contributed by atoms with Gasteiger partial charge in [0, 0.05) is 22.8 Å². The van der Waals surface area contributed by atoms with E-state index in [-0.39, 0.29) is 76.6 Å². The lowest BCUT2D eigenvalue weighted by Gasteiger charge is -2.15. The van der Waals surface area contributed by atoms with Crippen LogP contribution in [0, 0.1) is 0 Å². The Kier molecular flexibility index (Phi) is 13.4. The molecular weight excluding hydrogens is 570 g/mol. The normalized spacial score (nSPS) is 13.0. The Morgan fingerprint density at radius 3 is 1.78 bits per heavy atom. The number of nitrogens with one attached hydrogen (secondary N) is 2. The maximum atomic E-state index is 13.2. The molecule has 2 aromatic rings. The van der Waals surface area contributed by atoms with E-state index >= 15 is 0 Å². The Morgan fingerprint density at radius 2 is 1.24 bits per heavy atom. The number of carboxylic acids is 1. The molecule has 3 rings (SSSR count). The minimum absolute atomic E-state index is 0.00856. The molecular formula is C28H31N3O8S2. The lowest BCUT2D eigenvalue weighted by Crippen LogP contribution is -2.38. The fourth-order valence-corrected chi connectivity index (χ4v) is 5.47. The van der Waals surface area contributed by atoms with Crippen molar-refractivity contribution < 1.29 is 38.6 Å². The average molecular weight is 602 g/mol. The van der Waals surface area contributed by atoms with Crippen molar-refractivity contribution in [3.8, 4) is 0 Å². The number of amides is 4. The summed E-state index contributed by atoms with van der Waals surface area (Å²) in [5.41, 5.74) is 0. The van der Waals surface area contributed by atoms with E-state index in [1.165, 1.54) is 28.4 Å². The molecule has 218 valence electrons. The van der Waals surface area contributed by atoms with Gasteiger partial charge in [0.15, 0.2) is 0 Å². The summed E-state index contributed by atoms with van der Waals surface area (Å²) < 4.78 is 10.9. The number of carboxylic acid groups (broad SMARTS) is 1. The average Bonchev–Trinajstić information content (AvgIpc) is 3.17. The molecule has 1 aliphatic rings. The smallest absolute Gasteiger partial charge is 0.305 e. The van der Waals surface area contributed by atoms with Crippen LogP contribution in [0.2, 0.25) is 0 Å². The van der Waals surface area contributed by atoms with Crippen LogP contribution in [0.15, 0.2) is 80.3 Å². The zero-order valence-corrected chi connectivity index (χ0v) is 23.8. The third-order valence-corrected chi connectivity index (χ3v) is 7.73. The zero-order chi connectivity index (χ0) is 29.5. The van der Waals surface area contributed by atoms with Gasteiger partial charge in [-0.15, -0.1) is 0 Å². The number of nitrogens with zero attached hydrogens (tertiary/aromatic N) is 1. The van der Waals surface area contributed by atoms with Crippen LogP contribution in [0.1, 0.15) is 12.8 Å². The van der Waals surface area contributed by atoms with Crippen molar-refractivity contribution in [3.05, 3.63) is 70.5 Å². The van der Waals surface area contributed by atoms with Gasteiger partial charge in [0.05, 0.1) is 55.7 Å². The topological polar surface area (TPSA) is 151 Å². The van der Waals surface area contributed by atoms with E-state index in [9.17, 15) is 24.0 Å². The summed E-state index contributed by atoms with van der Waals surface area (Å²) in [4.78, 5) is 63.8. The third-order valence-electron chi connectivity index (χ3n) is 5.42. The highest BCUT2D eigenvalue weighted by atomic mass is 32.2. The molecule has 0 saturated heterocycles. The summed E-state index contributed by atoms with van der Waals surface area (Å²) in [6.45, 7) is 0.481. The Morgan fingerprint density at radius 1 is 0.707 bits per heavy atom. The van der Waals surface area contributed by atoms with Gasteiger partial charge in [-0.05, 0) is 24.3 Å². The zero-order valence-electron chi connectivity index (χ0n) is 22.2. The number of rotatable bonds is 18. The molecule has 0 fully saturated rings. The molecule has 0 atom stereocenters. The van der Waals surface area contributed by atoms with Crippen molar-refractivity contribution in [1.29, 1.82) is 0 Å². The van der Waals surface area contributed by atoms with Crippen molar-refractivity contribution in [2.75, 3.05) is 46.1 Å². The first-order valence-electron chi connectivity index (χ1n) is 12.8. The standard InChI is InChI=1S/C28H31N3O8S2/c32-22(30-19-23(33)29-13-11-24(34)35)12-15-38-17-18-39-16-14-31-27(36)25(40-20-7-3-1-4-8-20)26(28(31)37)41-21-9-5-2-6-10-21/h1-10H,11-19H2,(H,29,33)(H,30,32)(H,34,35). The minimum atomic E-state index is -1.02. The Hall–Kier alpha value is -3.65. The molecule has 0 aromatic heterocycles. The Balaban J connectivity index is 1.36. The largest absolute Gasteiger partial charge is 0.481 e. The first-order valence-corrected chi connectivity index (χ1v) is 14.5. The maximum Gasteiger partial charge on any atom is 0.305 e. The second kappa shape index (κ2) is 17.2. The predicted molar refractivity (Wildman–Crippen MR) is 153 cm³/mol. The van der Waals surface area contributed by atoms with E-state index in [0.29, 0.717) is 9.81 Å². The number of carbonyl (C=O) groups is 5. The lowest BCUT2D eigenvalue weighted by atomic mass is 10.4. The first kappa shape index (κ1) is 31.9. The molecule has 0 spiro atoms. The fraction of sp³-hybridized carbons (Fsp3) is 0.321. The van der Waals surface area contributed by atoms with Crippen molar-refractivity contribution in [1.82, 2.24) is 15.5 Å². The van der Waals surface area contributed by atoms with E-state index in [4.69, 9.17) is 14.6 Å². The second-order valence-corrected chi connectivity index (χ2v) is 10.7. The van der Waals surface area contributed by atoms with E-state index in [2.05, 4.69) is 10.6 Å². The Bertz CT molecular complexity index is 1180. The predicted octanol–water partition coefficient (Wildman–Crippen LogP) is 2.28. The van der Waals surface area contributed by atoms with Gasteiger partial charge in [-0.3, -0.25) is 28.9 Å². The molecule has 0 unspecified atom stereocenters. The summed E-state index contributed by atoms with van der Waals surface area (Å²) in [7, 11) is 0. The van der Waals surface area contributed by atoms with Crippen molar-refractivity contribution in [2.24, 2.45) is 0 Å². The Labute approximate surface area is 246 Å². The number of carbonyl (C=O) groups excluding carboxylic acids is 4. The number of imide groups is 1. The van der Waals surface area contributed by atoms with E-state index < -0.39 is 11.9 Å². The van der Waals surface area contributed by atoms with Gasteiger partial charge in [0.1, 0.15) is 0 Å². The third kappa shape index (κ3) is 11.0. The van der Waals surface area contributed by atoms with Crippen LogP contribution < -0.4 is 10.6 Å². The van der Waals surface area contributed by atoms with Crippen LogP contribution in [-0.2, 0) is 33.4 Å². The second-order valence-electron chi connectivity index (χ2n) is 8.50. The lowest BCUT2D eigenvalue weighted by molar-refractivity contribution is -0.139. The number of hydrogen-bond acceptors (Lipinski definition) is 9. The van der Waals surface area contributed by atoms with Crippen LogP contribution in [0.5, 0.6) is 0 Å². The molecule has 1 heterocycles.